The van der Waals surface area contributed by atoms with E-state index >= 15 is 0 Å². The van der Waals surface area contributed by atoms with Crippen molar-refractivity contribution in [2.45, 2.75) is 25.3 Å². The van der Waals surface area contributed by atoms with Gasteiger partial charge in [0, 0.05) is 0 Å². The lowest BCUT2D eigenvalue weighted by Crippen LogP contribution is -2.17. The molecule has 2 nitrogen and oxygen atoms in total. The molecule has 1 N–H and O–H groups in total. The predicted molar refractivity (Wildman–Crippen MR) is 50.8 cm³/mol. The van der Waals surface area contributed by atoms with Gasteiger partial charge in [-0.05, 0) is 36.5 Å². The molecule has 0 aromatic heterocycles. The van der Waals surface area contributed by atoms with Gasteiger partial charge in [-0.3, -0.25) is 0 Å². The summed E-state index contributed by atoms with van der Waals surface area (Å²) in [5, 5.41) is 9.72. The zero-order valence-electron chi connectivity index (χ0n) is 8.37. The van der Waals surface area contributed by atoms with E-state index in [0.717, 1.165) is 12.8 Å². The zero-order valence-corrected chi connectivity index (χ0v) is 8.37. The van der Waals surface area contributed by atoms with Crippen molar-refractivity contribution in [2.24, 2.45) is 5.92 Å². The molecule has 1 aliphatic rings. The van der Waals surface area contributed by atoms with Crippen LogP contribution < -0.4 is 4.74 Å². The molecular formula is C11H11F3O2. The minimum absolute atomic E-state index is 0.259. The molecule has 0 bridgehead atoms. The lowest BCUT2D eigenvalue weighted by molar-refractivity contribution is -0.274. The van der Waals surface area contributed by atoms with Crippen molar-refractivity contribution in [3.63, 3.8) is 0 Å². The van der Waals surface area contributed by atoms with E-state index in [4.69, 9.17) is 0 Å². The van der Waals surface area contributed by atoms with E-state index in [2.05, 4.69) is 4.74 Å². The van der Waals surface area contributed by atoms with Gasteiger partial charge in [-0.15, -0.1) is 13.2 Å². The van der Waals surface area contributed by atoms with Gasteiger partial charge in [0.05, 0.1) is 6.10 Å². The molecule has 0 saturated heterocycles. The molecule has 0 heterocycles. The molecule has 88 valence electrons. The summed E-state index contributed by atoms with van der Waals surface area (Å²) in [6.07, 6.45) is -3.29. The van der Waals surface area contributed by atoms with Gasteiger partial charge in [0.2, 0.25) is 0 Å². The zero-order chi connectivity index (χ0) is 11.8. The van der Waals surface area contributed by atoms with Crippen LogP contribution in [-0.4, -0.2) is 11.5 Å². The van der Waals surface area contributed by atoms with Crippen LogP contribution in [0, 0.1) is 5.92 Å². The third-order valence-electron chi connectivity index (χ3n) is 2.52. The van der Waals surface area contributed by atoms with Crippen LogP contribution in [0.3, 0.4) is 0 Å². The Morgan fingerprint density at radius 1 is 1.19 bits per heavy atom. The molecule has 5 heteroatoms. The van der Waals surface area contributed by atoms with E-state index in [1.807, 2.05) is 0 Å². The molecular weight excluding hydrogens is 221 g/mol. The third kappa shape index (κ3) is 2.88. The van der Waals surface area contributed by atoms with Crippen molar-refractivity contribution in [1.29, 1.82) is 0 Å². The Bertz CT molecular complexity index is 354. The van der Waals surface area contributed by atoms with Gasteiger partial charge < -0.3 is 9.84 Å². The molecule has 0 radical (unpaired) electrons. The number of benzene rings is 1. The van der Waals surface area contributed by atoms with Crippen LogP contribution in [0.5, 0.6) is 5.75 Å². The first kappa shape index (κ1) is 11.3. The SMILES string of the molecule is OC(c1ccc(OC(F)(F)F)cc1)C1CC1. The lowest BCUT2D eigenvalue weighted by atomic mass is 10.1. The van der Waals surface area contributed by atoms with Crippen LogP contribution >= 0.6 is 0 Å². The van der Waals surface area contributed by atoms with Gasteiger partial charge in [0.1, 0.15) is 5.75 Å². The Morgan fingerprint density at radius 3 is 2.19 bits per heavy atom. The van der Waals surface area contributed by atoms with Crippen LogP contribution in [0.1, 0.15) is 24.5 Å². The maximum Gasteiger partial charge on any atom is 0.573 e. The van der Waals surface area contributed by atoms with Gasteiger partial charge in [0.15, 0.2) is 0 Å². The quantitative estimate of drug-likeness (QED) is 0.867. The first-order valence-corrected chi connectivity index (χ1v) is 4.99. The number of rotatable bonds is 3. The fourth-order valence-corrected chi connectivity index (χ4v) is 1.55. The number of aliphatic hydroxyl groups is 1. The normalized spacial score (nSPS) is 18.2. The second-order valence-electron chi connectivity index (χ2n) is 3.90. The number of alkyl halides is 3. The smallest absolute Gasteiger partial charge is 0.406 e. The van der Waals surface area contributed by atoms with Crippen molar-refractivity contribution in [3.05, 3.63) is 29.8 Å². The minimum atomic E-state index is -4.67. The fraction of sp³-hybridized carbons (Fsp3) is 0.455. The summed E-state index contributed by atoms with van der Waals surface area (Å²) in [6.45, 7) is 0. The monoisotopic (exact) mass is 232 g/mol. The van der Waals surface area contributed by atoms with Gasteiger partial charge in [-0.25, -0.2) is 0 Å². The molecule has 1 aromatic rings. The van der Waals surface area contributed by atoms with E-state index in [0.29, 0.717) is 5.56 Å². The maximum absolute atomic E-state index is 11.9. The second-order valence-corrected chi connectivity index (χ2v) is 3.90. The highest BCUT2D eigenvalue weighted by molar-refractivity contribution is 5.29. The van der Waals surface area contributed by atoms with Crippen molar-refractivity contribution in [2.75, 3.05) is 0 Å². The molecule has 16 heavy (non-hydrogen) atoms. The number of ether oxygens (including phenoxy) is 1. The maximum atomic E-state index is 11.9. The standard InChI is InChI=1S/C11H11F3O2/c12-11(13,14)16-9-5-3-8(4-6-9)10(15)7-1-2-7/h3-7,10,15H,1-2H2. The molecule has 0 spiro atoms. The van der Waals surface area contributed by atoms with Crippen LogP contribution in [0.25, 0.3) is 0 Å². The van der Waals surface area contributed by atoms with Crippen molar-refractivity contribution in [3.8, 4) is 5.75 Å². The third-order valence-corrected chi connectivity index (χ3v) is 2.52. The summed E-state index contributed by atoms with van der Waals surface area (Å²) < 4.78 is 39.3. The molecule has 0 aliphatic heterocycles. The number of halogens is 3. The summed E-state index contributed by atoms with van der Waals surface area (Å²) in [6, 6.07) is 5.36. The highest BCUT2D eigenvalue weighted by atomic mass is 19.4. The number of aliphatic hydroxyl groups excluding tert-OH is 1. The van der Waals surface area contributed by atoms with Crippen molar-refractivity contribution >= 4 is 0 Å². The van der Waals surface area contributed by atoms with Gasteiger partial charge in [-0.2, -0.15) is 0 Å². The average molecular weight is 232 g/mol. The van der Waals surface area contributed by atoms with Crippen molar-refractivity contribution in [1.82, 2.24) is 0 Å². The van der Waals surface area contributed by atoms with Gasteiger partial charge in [0.25, 0.3) is 0 Å². The summed E-state index contributed by atoms with van der Waals surface area (Å²) in [7, 11) is 0. The average Bonchev–Trinajstić information content (AvgIpc) is 2.98. The van der Waals surface area contributed by atoms with E-state index < -0.39 is 12.5 Å². The van der Waals surface area contributed by atoms with E-state index in [1.54, 1.807) is 0 Å². The molecule has 1 fully saturated rings. The summed E-state index contributed by atoms with van der Waals surface area (Å²) in [5.41, 5.74) is 0.636. The Balaban J connectivity index is 2.04. The topological polar surface area (TPSA) is 29.5 Å². The highest BCUT2D eigenvalue weighted by Crippen LogP contribution is 2.41. The summed E-state index contributed by atoms with van der Waals surface area (Å²) in [4.78, 5) is 0. The van der Waals surface area contributed by atoms with Gasteiger partial charge in [-0.1, -0.05) is 12.1 Å². The molecule has 2 rings (SSSR count). The van der Waals surface area contributed by atoms with Crippen molar-refractivity contribution < 1.29 is 23.0 Å². The van der Waals surface area contributed by atoms with Crippen LogP contribution in [-0.2, 0) is 0 Å². The second kappa shape index (κ2) is 3.97. The molecule has 1 aliphatic carbocycles. The fourth-order valence-electron chi connectivity index (χ4n) is 1.55. The summed E-state index contributed by atoms with van der Waals surface area (Å²) in [5.74, 6) is -0.00590. The molecule has 1 atom stereocenters. The van der Waals surface area contributed by atoms with E-state index in [9.17, 15) is 18.3 Å². The van der Waals surface area contributed by atoms with E-state index in [1.165, 1.54) is 24.3 Å². The van der Waals surface area contributed by atoms with Crippen LogP contribution in [0.15, 0.2) is 24.3 Å². The Kier molecular flexibility index (Phi) is 2.80. The summed E-state index contributed by atoms with van der Waals surface area (Å²) >= 11 is 0. The lowest BCUT2D eigenvalue weighted by Gasteiger charge is -2.12. The Labute approximate surface area is 90.7 Å². The Hall–Kier alpha value is -1.23. The predicted octanol–water partition coefficient (Wildman–Crippen LogP) is 3.03. The van der Waals surface area contributed by atoms with E-state index in [-0.39, 0.29) is 11.7 Å². The Morgan fingerprint density at radius 2 is 1.75 bits per heavy atom. The van der Waals surface area contributed by atoms with Gasteiger partial charge >= 0.3 is 6.36 Å². The molecule has 1 saturated carbocycles. The number of hydrogen-bond donors (Lipinski definition) is 1. The first-order valence-electron chi connectivity index (χ1n) is 4.99. The molecule has 1 unspecified atom stereocenters. The van der Waals surface area contributed by atoms with Crippen LogP contribution in [0.4, 0.5) is 13.2 Å². The minimum Gasteiger partial charge on any atom is -0.406 e. The largest absolute Gasteiger partial charge is 0.573 e. The number of hydrogen-bond acceptors (Lipinski definition) is 2. The highest BCUT2D eigenvalue weighted by Gasteiger charge is 2.32. The first-order chi connectivity index (χ1) is 7.46. The molecule has 0 amide bonds. The molecule has 1 aromatic carbocycles. The van der Waals surface area contributed by atoms with Crippen LogP contribution in [0.2, 0.25) is 0 Å².